The van der Waals surface area contributed by atoms with Crippen molar-refractivity contribution < 1.29 is 19.0 Å². The second-order valence-corrected chi connectivity index (χ2v) is 4.09. The second kappa shape index (κ2) is 6.61. The summed E-state index contributed by atoms with van der Waals surface area (Å²) in [6.45, 7) is 0.317. The van der Waals surface area contributed by atoms with Gasteiger partial charge in [-0.25, -0.2) is 4.79 Å². The van der Waals surface area contributed by atoms with Crippen molar-refractivity contribution in [2.75, 3.05) is 14.2 Å². The summed E-state index contributed by atoms with van der Waals surface area (Å²) in [5.74, 6) is 0.828. The third-order valence-corrected chi connectivity index (χ3v) is 2.87. The van der Waals surface area contributed by atoms with E-state index in [1.54, 1.807) is 25.3 Å². The topological polar surface area (TPSA) is 44.8 Å². The van der Waals surface area contributed by atoms with Gasteiger partial charge in [-0.3, -0.25) is 0 Å². The minimum atomic E-state index is -0.416. The number of carbonyl (C=O) groups is 1. The SMILES string of the molecule is COC(=O)c1ccccc1OCc1ccccc1OC. The van der Waals surface area contributed by atoms with E-state index in [0.717, 1.165) is 11.3 Å². The summed E-state index contributed by atoms with van der Waals surface area (Å²) in [7, 11) is 2.96. The second-order valence-electron chi connectivity index (χ2n) is 4.09. The van der Waals surface area contributed by atoms with E-state index < -0.39 is 5.97 Å². The van der Waals surface area contributed by atoms with Crippen molar-refractivity contribution in [2.24, 2.45) is 0 Å². The average molecular weight is 272 g/mol. The molecular formula is C16H16O4. The smallest absolute Gasteiger partial charge is 0.341 e. The molecule has 0 saturated heterocycles. The molecule has 0 spiro atoms. The van der Waals surface area contributed by atoms with Gasteiger partial charge in [0.1, 0.15) is 23.7 Å². The van der Waals surface area contributed by atoms with Crippen LogP contribution in [0.15, 0.2) is 48.5 Å². The van der Waals surface area contributed by atoms with Gasteiger partial charge in [-0.1, -0.05) is 30.3 Å². The zero-order valence-corrected chi connectivity index (χ0v) is 11.5. The van der Waals surface area contributed by atoms with Crippen molar-refractivity contribution in [1.82, 2.24) is 0 Å². The van der Waals surface area contributed by atoms with Crippen LogP contribution in [-0.4, -0.2) is 20.2 Å². The molecule has 104 valence electrons. The van der Waals surface area contributed by atoms with Gasteiger partial charge in [0.2, 0.25) is 0 Å². The summed E-state index contributed by atoms with van der Waals surface area (Å²) in [4.78, 5) is 11.6. The first-order valence-electron chi connectivity index (χ1n) is 6.18. The van der Waals surface area contributed by atoms with Crippen molar-refractivity contribution in [3.05, 3.63) is 59.7 Å². The van der Waals surface area contributed by atoms with Gasteiger partial charge in [-0.05, 0) is 18.2 Å². The molecule has 2 rings (SSSR count). The molecule has 0 atom stereocenters. The van der Waals surface area contributed by atoms with E-state index in [1.807, 2.05) is 30.3 Å². The fourth-order valence-electron chi connectivity index (χ4n) is 1.85. The molecule has 0 unspecified atom stereocenters. The molecule has 0 saturated carbocycles. The highest BCUT2D eigenvalue weighted by molar-refractivity contribution is 5.92. The summed E-state index contributed by atoms with van der Waals surface area (Å²) >= 11 is 0. The van der Waals surface area contributed by atoms with Gasteiger partial charge in [0, 0.05) is 5.56 Å². The highest BCUT2D eigenvalue weighted by Gasteiger charge is 2.12. The van der Waals surface area contributed by atoms with Crippen LogP contribution in [0.3, 0.4) is 0 Å². The molecule has 0 aliphatic heterocycles. The zero-order valence-electron chi connectivity index (χ0n) is 11.5. The molecule has 0 aromatic heterocycles. The number of methoxy groups -OCH3 is 2. The van der Waals surface area contributed by atoms with E-state index in [2.05, 4.69) is 0 Å². The normalized spacial score (nSPS) is 9.90. The minimum Gasteiger partial charge on any atom is -0.496 e. The van der Waals surface area contributed by atoms with Crippen LogP contribution in [0.2, 0.25) is 0 Å². The Bertz CT molecular complexity index is 593. The van der Waals surface area contributed by atoms with Crippen molar-refractivity contribution in [1.29, 1.82) is 0 Å². The van der Waals surface area contributed by atoms with E-state index in [1.165, 1.54) is 7.11 Å². The van der Waals surface area contributed by atoms with Crippen LogP contribution in [0.4, 0.5) is 0 Å². The molecule has 4 heteroatoms. The van der Waals surface area contributed by atoms with Gasteiger partial charge >= 0.3 is 5.97 Å². The highest BCUT2D eigenvalue weighted by atomic mass is 16.5. The van der Waals surface area contributed by atoms with Gasteiger partial charge in [-0.15, -0.1) is 0 Å². The maximum Gasteiger partial charge on any atom is 0.341 e. The molecular weight excluding hydrogens is 256 g/mol. The maximum atomic E-state index is 11.6. The molecule has 0 aliphatic rings. The van der Waals surface area contributed by atoms with Crippen LogP contribution < -0.4 is 9.47 Å². The summed E-state index contributed by atoms with van der Waals surface area (Å²) in [6, 6.07) is 14.6. The number of hydrogen-bond donors (Lipinski definition) is 0. The lowest BCUT2D eigenvalue weighted by Crippen LogP contribution is -2.06. The van der Waals surface area contributed by atoms with Crippen LogP contribution >= 0.6 is 0 Å². The summed E-state index contributed by atoms with van der Waals surface area (Å²) in [6.07, 6.45) is 0. The van der Waals surface area contributed by atoms with Gasteiger partial charge in [-0.2, -0.15) is 0 Å². The number of hydrogen-bond acceptors (Lipinski definition) is 4. The molecule has 0 aliphatic carbocycles. The lowest BCUT2D eigenvalue weighted by atomic mass is 10.2. The van der Waals surface area contributed by atoms with Gasteiger partial charge in [0.05, 0.1) is 14.2 Å². The summed E-state index contributed by atoms with van der Waals surface area (Å²) in [5.41, 5.74) is 1.32. The van der Waals surface area contributed by atoms with Crippen LogP contribution in [0.1, 0.15) is 15.9 Å². The van der Waals surface area contributed by atoms with Crippen LogP contribution in [-0.2, 0) is 11.3 Å². The molecule has 0 heterocycles. The van der Waals surface area contributed by atoms with E-state index in [0.29, 0.717) is 17.9 Å². The number of benzene rings is 2. The Balaban J connectivity index is 2.17. The summed E-state index contributed by atoms with van der Waals surface area (Å²) in [5, 5.41) is 0. The molecule has 20 heavy (non-hydrogen) atoms. The van der Waals surface area contributed by atoms with Crippen molar-refractivity contribution in [2.45, 2.75) is 6.61 Å². The van der Waals surface area contributed by atoms with Crippen LogP contribution in [0.25, 0.3) is 0 Å². The Kier molecular flexibility index (Phi) is 4.60. The van der Waals surface area contributed by atoms with Gasteiger partial charge in [0.15, 0.2) is 0 Å². The monoisotopic (exact) mass is 272 g/mol. The first-order valence-corrected chi connectivity index (χ1v) is 6.18. The van der Waals surface area contributed by atoms with Crippen molar-refractivity contribution in [3.63, 3.8) is 0 Å². The van der Waals surface area contributed by atoms with Crippen molar-refractivity contribution >= 4 is 5.97 Å². The number of para-hydroxylation sites is 2. The Morgan fingerprint density at radius 2 is 1.60 bits per heavy atom. The highest BCUT2D eigenvalue weighted by Crippen LogP contribution is 2.23. The Morgan fingerprint density at radius 3 is 2.30 bits per heavy atom. The third kappa shape index (κ3) is 3.09. The standard InChI is InChI=1S/C16H16O4/c1-18-14-9-5-3-7-12(14)11-20-15-10-6-4-8-13(15)16(17)19-2/h3-10H,11H2,1-2H3. The van der Waals surface area contributed by atoms with E-state index in [-0.39, 0.29) is 0 Å². The maximum absolute atomic E-state index is 11.6. The Hall–Kier alpha value is -2.49. The predicted molar refractivity (Wildman–Crippen MR) is 75.1 cm³/mol. The first kappa shape index (κ1) is 13.9. The quantitative estimate of drug-likeness (QED) is 0.785. The largest absolute Gasteiger partial charge is 0.496 e. The molecule has 0 bridgehead atoms. The number of carbonyl (C=O) groups excluding carboxylic acids is 1. The first-order chi connectivity index (χ1) is 9.76. The molecule has 2 aromatic carbocycles. The minimum absolute atomic E-state index is 0.317. The Labute approximate surface area is 117 Å². The third-order valence-electron chi connectivity index (χ3n) is 2.87. The molecule has 0 N–H and O–H groups in total. The Morgan fingerprint density at radius 1 is 0.950 bits per heavy atom. The van der Waals surface area contributed by atoms with E-state index in [9.17, 15) is 4.79 Å². The van der Waals surface area contributed by atoms with E-state index >= 15 is 0 Å². The lowest BCUT2D eigenvalue weighted by molar-refractivity contribution is 0.0595. The van der Waals surface area contributed by atoms with E-state index in [4.69, 9.17) is 14.2 Å². The van der Waals surface area contributed by atoms with Crippen LogP contribution in [0, 0.1) is 0 Å². The molecule has 0 radical (unpaired) electrons. The lowest BCUT2D eigenvalue weighted by Gasteiger charge is -2.12. The molecule has 2 aromatic rings. The fraction of sp³-hybridized carbons (Fsp3) is 0.188. The summed E-state index contributed by atoms with van der Waals surface area (Å²) < 4.78 is 15.7. The van der Waals surface area contributed by atoms with Crippen molar-refractivity contribution in [3.8, 4) is 11.5 Å². The molecule has 0 amide bonds. The van der Waals surface area contributed by atoms with Gasteiger partial charge in [0.25, 0.3) is 0 Å². The van der Waals surface area contributed by atoms with Crippen LogP contribution in [0.5, 0.6) is 11.5 Å². The zero-order chi connectivity index (χ0) is 14.4. The fourth-order valence-corrected chi connectivity index (χ4v) is 1.85. The van der Waals surface area contributed by atoms with Gasteiger partial charge < -0.3 is 14.2 Å². The molecule has 4 nitrogen and oxygen atoms in total. The predicted octanol–water partition coefficient (Wildman–Crippen LogP) is 3.06. The number of ether oxygens (including phenoxy) is 3. The number of esters is 1. The number of rotatable bonds is 5. The average Bonchev–Trinajstić information content (AvgIpc) is 2.52. The molecule has 0 fully saturated rings.